The summed E-state index contributed by atoms with van der Waals surface area (Å²) in [7, 11) is 4.06. The number of hydrogen-bond acceptors (Lipinski definition) is 4. The van der Waals surface area contributed by atoms with Crippen LogP contribution in [0.4, 0.5) is 0 Å². The Morgan fingerprint density at radius 2 is 2.37 bits per heavy atom. The molecule has 19 heavy (non-hydrogen) atoms. The lowest BCUT2D eigenvalue weighted by molar-refractivity contribution is -0.00986. The maximum atomic E-state index is 6.16. The van der Waals surface area contributed by atoms with E-state index in [0.29, 0.717) is 6.10 Å². The van der Waals surface area contributed by atoms with Crippen molar-refractivity contribution in [1.29, 1.82) is 0 Å². The van der Waals surface area contributed by atoms with E-state index in [-0.39, 0.29) is 12.1 Å². The molecule has 1 aromatic heterocycles. The molecule has 3 unspecified atom stereocenters. The molecule has 1 saturated heterocycles. The molecule has 5 heteroatoms. The van der Waals surface area contributed by atoms with Gasteiger partial charge in [-0.25, -0.2) is 0 Å². The van der Waals surface area contributed by atoms with Crippen LogP contribution in [0.25, 0.3) is 0 Å². The van der Waals surface area contributed by atoms with Crippen LogP contribution in [-0.4, -0.2) is 47.0 Å². The second-order valence-corrected chi connectivity index (χ2v) is 5.68. The first-order valence-electron chi connectivity index (χ1n) is 7.14. The van der Waals surface area contributed by atoms with Crippen molar-refractivity contribution >= 4 is 0 Å². The number of nitrogens with two attached hydrogens (primary N) is 1. The van der Waals surface area contributed by atoms with Crippen molar-refractivity contribution in [3.8, 4) is 0 Å². The minimum absolute atomic E-state index is 0.0674. The Labute approximate surface area is 115 Å². The first-order chi connectivity index (χ1) is 9.08. The number of rotatable bonds is 5. The highest BCUT2D eigenvalue weighted by Crippen LogP contribution is 2.23. The van der Waals surface area contributed by atoms with Crippen molar-refractivity contribution in [3.63, 3.8) is 0 Å². The summed E-state index contributed by atoms with van der Waals surface area (Å²) >= 11 is 0. The lowest BCUT2D eigenvalue weighted by atomic mass is 10.0. The smallest absolute Gasteiger partial charge is 0.0702 e. The van der Waals surface area contributed by atoms with Crippen molar-refractivity contribution in [3.05, 3.63) is 18.0 Å². The van der Waals surface area contributed by atoms with E-state index >= 15 is 0 Å². The van der Waals surface area contributed by atoms with Gasteiger partial charge in [0.25, 0.3) is 0 Å². The van der Waals surface area contributed by atoms with Crippen LogP contribution in [0.1, 0.15) is 37.8 Å². The van der Waals surface area contributed by atoms with Gasteiger partial charge in [0.1, 0.15) is 0 Å². The van der Waals surface area contributed by atoms with Gasteiger partial charge >= 0.3 is 0 Å². The summed E-state index contributed by atoms with van der Waals surface area (Å²) in [6.45, 7) is 3.88. The Balaban J connectivity index is 2.01. The summed E-state index contributed by atoms with van der Waals surface area (Å²) in [5.74, 6) is 0. The molecule has 1 aliphatic rings. The fourth-order valence-electron chi connectivity index (χ4n) is 2.94. The SMILES string of the molecule is CC(N)C(c1cnn(C)c1)N(C)CC1CCCCO1. The zero-order chi connectivity index (χ0) is 13.8. The van der Waals surface area contributed by atoms with Gasteiger partial charge in [-0.15, -0.1) is 0 Å². The molecule has 0 aromatic carbocycles. The van der Waals surface area contributed by atoms with Gasteiger partial charge < -0.3 is 10.5 Å². The third-order valence-corrected chi connectivity index (χ3v) is 3.80. The summed E-state index contributed by atoms with van der Waals surface area (Å²) in [5, 5.41) is 4.25. The average Bonchev–Trinajstić information content (AvgIpc) is 2.76. The van der Waals surface area contributed by atoms with Crippen molar-refractivity contribution in [1.82, 2.24) is 14.7 Å². The molecular weight excluding hydrogens is 240 g/mol. The lowest BCUT2D eigenvalue weighted by Crippen LogP contribution is -2.42. The first-order valence-corrected chi connectivity index (χ1v) is 7.14. The minimum Gasteiger partial charge on any atom is -0.377 e. The van der Waals surface area contributed by atoms with Gasteiger partial charge in [-0.3, -0.25) is 9.58 Å². The standard InChI is InChI=1S/C14H26N4O/c1-11(15)14(12-8-16-18(3)9-12)17(2)10-13-6-4-5-7-19-13/h8-9,11,13-14H,4-7,10,15H2,1-3H3. The van der Waals surface area contributed by atoms with Crippen LogP contribution in [0, 0.1) is 0 Å². The molecule has 0 saturated carbocycles. The molecular formula is C14H26N4O. The normalized spacial score (nSPS) is 23.5. The number of ether oxygens (including phenoxy) is 1. The molecule has 0 aliphatic carbocycles. The predicted octanol–water partition coefficient (Wildman–Crippen LogP) is 1.31. The van der Waals surface area contributed by atoms with Crippen molar-refractivity contribution in [2.75, 3.05) is 20.2 Å². The molecule has 3 atom stereocenters. The van der Waals surface area contributed by atoms with Gasteiger partial charge in [-0.1, -0.05) is 0 Å². The summed E-state index contributed by atoms with van der Waals surface area (Å²) in [4.78, 5) is 2.30. The Morgan fingerprint density at radius 3 is 2.89 bits per heavy atom. The highest BCUT2D eigenvalue weighted by molar-refractivity contribution is 5.12. The first kappa shape index (κ1) is 14.5. The van der Waals surface area contributed by atoms with Gasteiger partial charge in [0.05, 0.1) is 18.3 Å². The predicted molar refractivity (Wildman–Crippen MR) is 75.8 cm³/mol. The molecule has 0 bridgehead atoms. The van der Waals surface area contributed by atoms with Gasteiger partial charge in [0.2, 0.25) is 0 Å². The summed E-state index contributed by atoms with van der Waals surface area (Å²) in [6.07, 6.45) is 7.92. The maximum absolute atomic E-state index is 6.16. The van der Waals surface area contributed by atoms with E-state index in [1.165, 1.54) is 18.4 Å². The lowest BCUT2D eigenvalue weighted by Gasteiger charge is -2.34. The number of nitrogens with zero attached hydrogens (tertiary/aromatic N) is 3. The summed E-state index contributed by atoms with van der Waals surface area (Å²) < 4.78 is 7.65. The molecule has 1 aromatic rings. The van der Waals surface area contributed by atoms with Gasteiger partial charge in [-0.05, 0) is 33.2 Å². The van der Waals surface area contributed by atoms with Crippen molar-refractivity contribution < 1.29 is 4.74 Å². The Morgan fingerprint density at radius 1 is 1.58 bits per heavy atom. The van der Waals surface area contributed by atoms with E-state index in [1.54, 1.807) is 0 Å². The second kappa shape index (κ2) is 6.50. The summed E-state index contributed by atoms with van der Waals surface area (Å²) in [6, 6.07) is 0.261. The second-order valence-electron chi connectivity index (χ2n) is 5.68. The summed E-state index contributed by atoms with van der Waals surface area (Å²) in [5.41, 5.74) is 7.34. The highest BCUT2D eigenvalue weighted by atomic mass is 16.5. The van der Waals surface area contributed by atoms with Gasteiger partial charge in [0, 0.05) is 38.0 Å². The van der Waals surface area contributed by atoms with E-state index in [2.05, 4.69) is 24.0 Å². The van der Waals surface area contributed by atoms with Crippen LogP contribution in [-0.2, 0) is 11.8 Å². The average molecular weight is 266 g/mol. The highest BCUT2D eigenvalue weighted by Gasteiger charge is 2.25. The molecule has 2 N–H and O–H groups in total. The minimum atomic E-state index is 0.0674. The monoisotopic (exact) mass is 266 g/mol. The van der Waals surface area contributed by atoms with Crippen LogP contribution in [0.15, 0.2) is 12.4 Å². The van der Waals surface area contributed by atoms with Crippen LogP contribution >= 0.6 is 0 Å². The van der Waals surface area contributed by atoms with Gasteiger partial charge in [0.15, 0.2) is 0 Å². The third-order valence-electron chi connectivity index (χ3n) is 3.80. The van der Waals surface area contributed by atoms with Crippen LogP contribution in [0.5, 0.6) is 0 Å². The molecule has 0 spiro atoms. The van der Waals surface area contributed by atoms with Crippen molar-refractivity contribution in [2.45, 2.75) is 44.4 Å². The fourth-order valence-corrected chi connectivity index (χ4v) is 2.94. The largest absolute Gasteiger partial charge is 0.377 e. The number of aromatic nitrogens is 2. The van der Waals surface area contributed by atoms with E-state index < -0.39 is 0 Å². The van der Waals surface area contributed by atoms with Crippen LogP contribution in [0.3, 0.4) is 0 Å². The Kier molecular flexibility index (Phi) is 4.96. The maximum Gasteiger partial charge on any atom is 0.0702 e. The molecule has 5 nitrogen and oxygen atoms in total. The van der Waals surface area contributed by atoms with E-state index in [1.807, 2.05) is 24.1 Å². The molecule has 108 valence electrons. The van der Waals surface area contributed by atoms with Crippen LogP contribution < -0.4 is 5.73 Å². The Hall–Kier alpha value is -0.910. The van der Waals surface area contributed by atoms with Crippen molar-refractivity contribution in [2.24, 2.45) is 12.8 Å². The topological polar surface area (TPSA) is 56.3 Å². The molecule has 0 radical (unpaired) electrons. The molecule has 2 heterocycles. The zero-order valence-corrected chi connectivity index (χ0v) is 12.2. The Bertz CT molecular complexity index is 385. The molecule has 1 fully saturated rings. The van der Waals surface area contributed by atoms with Crippen LogP contribution in [0.2, 0.25) is 0 Å². The zero-order valence-electron chi connectivity index (χ0n) is 12.2. The van der Waals surface area contributed by atoms with E-state index in [9.17, 15) is 0 Å². The van der Waals surface area contributed by atoms with E-state index in [0.717, 1.165) is 19.6 Å². The van der Waals surface area contributed by atoms with E-state index in [4.69, 9.17) is 10.5 Å². The molecule has 0 amide bonds. The quantitative estimate of drug-likeness (QED) is 0.873. The number of aryl methyl sites for hydroxylation is 1. The molecule has 1 aliphatic heterocycles. The number of hydrogen-bond donors (Lipinski definition) is 1. The third kappa shape index (κ3) is 3.78. The number of likely N-dealkylation sites (N-methyl/N-ethyl adjacent to an activating group) is 1. The molecule has 2 rings (SSSR count). The van der Waals surface area contributed by atoms with Gasteiger partial charge in [-0.2, -0.15) is 5.10 Å². The fraction of sp³-hybridized carbons (Fsp3) is 0.786.